The summed E-state index contributed by atoms with van der Waals surface area (Å²) in [5.74, 6) is -5.51. The van der Waals surface area contributed by atoms with E-state index in [1.54, 1.807) is 0 Å². The Morgan fingerprint density at radius 1 is 1.04 bits per heavy atom. The monoisotopic (exact) mass is 488 g/mol. The Balaban J connectivity index is 0.000000366. The molecule has 1 fully saturated rings. The van der Waals surface area contributed by atoms with Crippen molar-refractivity contribution >= 4 is 34.5 Å². The molecule has 0 spiro atoms. The van der Waals surface area contributed by atoms with Crippen LogP contribution in [0, 0.1) is 3.70 Å². The predicted octanol–water partition coefficient (Wildman–Crippen LogP) is 2.90. The molecule has 0 bridgehead atoms. The van der Waals surface area contributed by atoms with Crippen molar-refractivity contribution < 1.29 is 46.1 Å². The first kappa shape index (κ1) is 23.4. The fraction of sp³-hybridized carbons (Fsp3) is 0.417. The van der Waals surface area contributed by atoms with E-state index in [1.165, 1.54) is 0 Å². The first-order chi connectivity index (χ1) is 11.1. The number of halogens is 7. The van der Waals surface area contributed by atoms with Gasteiger partial charge in [-0.15, -0.1) is 0 Å². The molecular formula is C12H11F6IN2O4. The van der Waals surface area contributed by atoms with Gasteiger partial charge in [-0.25, -0.2) is 14.6 Å². The Kier molecular flexibility index (Phi) is 8.07. The number of pyridine rings is 1. The van der Waals surface area contributed by atoms with Crippen LogP contribution in [0.15, 0.2) is 18.2 Å². The molecule has 1 aliphatic carbocycles. The summed E-state index contributed by atoms with van der Waals surface area (Å²) in [6, 6.07) is 6.00. The van der Waals surface area contributed by atoms with Gasteiger partial charge in [-0.1, -0.05) is 6.07 Å². The third kappa shape index (κ3) is 9.42. The average Bonchev–Trinajstić information content (AvgIpc) is 3.17. The van der Waals surface area contributed by atoms with Crippen LogP contribution in [-0.2, 0) is 15.1 Å². The summed E-state index contributed by atoms with van der Waals surface area (Å²) in [6.07, 6.45) is -8.00. The van der Waals surface area contributed by atoms with Gasteiger partial charge in [0.2, 0.25) is 0 Å². The molecule has 13 heteroatoms. The van der Waals surface area contributed by atoms with Crippen LogP contribution in [0.1, 0.15) is 18.5 Å². The summed E-state index contributed by atoms with van der Waals surface area (Å²) in [6.45, 7) is 0. The van der Waals surface area contributed by atoms with Crippen LogP contribution in [-0.4, -0.2) is 39.5 Å². The first-order valence-corrected chi connectivity index (χ1v) is 7.19. The van der Waals surface area contributed by atoms with E-state index in [1.807, 2.05) is 18.2 Å². The molecule has 1 heterocycles. The van der Waals surface area contributed by atoms with E-state index in [0.717, 1.165) is 22.2 Å². The highest BCUT2D eigenvalue weighted by atomic mass is 127. The van der Waals surface area contributed by atoms with Crippen molar-refractivity contribution in [2.45, 2.75) is 30.7 Å². The highest BCUT2D eigenvalue weighted by molar-refractivity contribution is 14.1. The standard InChI is InChI=1S/C8H9IN2.2C2HF3O2/c9-7-3-1-2-6(11-7)8(10)4-5-8;2*3-2(4,5)1(6)7/h1-3H,4-5,10H2;2*(H,6,7). The lowest BCUT2D eigenvalue weighted by Crippen LogP contribution is -2.21. The van der Waals surface area contributed by atoms with Gasteiger partial charge in [0.05, 0.1) is 11.2 Å². The number of aromatic nitrogens is 1. The molecule has 1 aromatic rings. The number of aliphatic carboxylic acids is 2. The Morgan fingerprint density at radius 3 is 1.64 bits per heavy atom. The van der Waals surface area contributed by atoms with E-state index in [2.05, 4.69) is 27.6 Å². The van der Waals surface area contributed by atoms with Crippen LogP contribution in [0.25, 0.3) is 0 Å². The molecule has 0 amide bonds. The second-order valence-electron chi connectivity index (χ2n) is 4.61. The van der Waals surface area contributed by atoms with Gasteiger partial charge in [-0.05, 0) is 47.6 Å². The van der Waals surface area contributed by atoms with E-state index in [-0.39, 0.29) is 5.54 Å². The van der Waals surface area contributed by atoms with Crippen LogP contribution >= 0.6 is 22.6 Å². The largest absolute Gasteiger partial charge is 0.490 e. The topological polar surface area (TPSA) is 114 Å². The van der Waals surface area contributed by atoms with Gasteiger partial charge in [0.15, 0.2) is 0 Å². The molecule has 4 N–H and O–H groups in total. The molecule has 0 saturated heterocycles. The molecule has 0 aliphatic heterocycles. The zero-order valence-electron chi connectivity index (χ0n) is 12.0. The fourth-order valence-electron chi connectivity index (χ4n) is 1.08. The summed E-state index contributed by atoms with van der Waals surface area (Å²) in [7, 11) is 0. The maximum atomic E-state index is 10.6. The maximum Gasteiger partial charge on any atom is 0.490 e. The van der Waals surface area contributed by atoms with Gasteiger partial charge in [-0.2, -0.15) is 26.3 Å². The molecule has 0 unspecified atom stereocenters. The van der Waals surface area contributed by atoms with Gasteiger partial charge in [-0.3, -0.25) is 0 Å². The summed E-state index contributed by atoms with van der Waals surface area (Å²) < 4.78 is 64.5. The predicted molar refractivity (Wildman–Crippen MR) is 79.4 cm³/mol. The van der Waals surface area contributed by atoms with Crippen molar-refractivity contribution in [3.8, 4) is 0 Å². The van der Waals surface area contributed by atoms with Crippen molar-refractivity contribution in [3.05, 3.63) is 27.6 Å². The van der Waals surface area contributed by atoms with Crippen molar-refractivity contribution in [2.75, 3.05) is 0 Å². The number of carboxylic acid groups (broad SMARTS) is 2. The normalized spacial score (nSPS) is 15.0. The van der Waals surface area contributed by atoms with Gasteiger partial charge < -0.3 is 15.9 Å². The molecule has 2 rings (SSSR count). The Bertz CT molecular complexity index is 592. The van der Waals surface area contributed by atoms with E-state index in [0.29, 0.717) is 0 Å². The molecular weight excluding hydrogens is 477 g/mol. The highest BCUT2D eigenvalue weighted by Crippen LogP contribution is 2.41. The minimum atomic E-state index is -5.08. The quantitative estimate of drug-likeness (QED) is 0.319. The molecule has 25 heavy (non-hydrogen) atoms. The highest BCUT2D eigenvalue weighted by Gasteiger charge is 2.41. The van der Waals surface area contributed by atoms with Crippen LogP contribution in [0.3, 0.4) is 0 Å². The summed E-state index contributed by atoms with van der Waals surface area (Å²) in [5, 5.41) is 14.2. The number of carboxylic acids is 2. The second kappa shape index (κ2) is 8.64. The van der Waals surface area contributed by atoms with Crippen LogP contribution in [0.4, 0.5) is 26.3 Å². The van der Waals surface area contributed by atoms with Crippen LogP contribution in [0.2, 0.25) is 0 Å². The lowest BCUT2D eigenvalue weighted by Gasteiger charge is -2.06. The second-order valence-corrected chi connectivity index (χ2v) is 5.71. The van der Waals surface area contributed by atoms with Gasteiger partial charge >= 0.3 is 24.3 Å². The SMILES string of the molecule is NC1(c2cccc(I)n2)CC1.O=C(O)C(F)(F)F.O=C(O)C(F)(F)F. The minimum absolute atomic E-state index is 0.0822. The first-order valence-electron chi connectivity index (χ1n) is 6.12. The average molecular weight is 488 g/mol. The molecule has 0 aromatic carbocycles. The van der Waals surface area contributed by atoms with Crippen LogP contribution < -0.4 is 5.73 Å². The molecule has 0 atom stereocenters. The number of hydrogen-bond acceptors (Lipinski definition) is 4. The third-order valence-electron chi connectivity index (χ3n) is 2.50. The van der Waals surface area contributed by atoms with Crippen molar-refractivity contribution in [3.63, 3.8) is 0 Å². The molecule has 142 valence electrons. The minimum Gasteiger partial charge on any atom is -0.475 e. The van der Waals surface area contributed by atoms with Crippen molar-refractivity contribution in [1.82, 2.24) is 4.98 Å². The lowest BCUT2D eigenvalue weighted by atomic mass is 10.2. The van der Waals surface area contributed by atoms with E-state index in [9.17, 15) is 26.3 Å². The molecule has 1 saturated carbocycles. The number of carbonyl (C=O) groups is 2. The summed E-state index contributed by atoms with van der Waals surface area (Å²) in [4.78, 5) is 22.2. The van der Waals surface area contributed by atoms with E-state index in [4.69, 9.17) is 25.5 Å². The molecule has 1 aliphatic rings. The summed E-state index contributed by atoms with van der Waals surface area (Å²) in [5.41, 5.74) is 6.93. The number of nitrogens with zero attached hydrogens (tertiary/aromatic N) is 1. The number of nitrogens with two attached hydrogens (primary N) is 1. The van der Waals surface area contributed by atoms with Gasteiger partial charge in [0.25, 0.3) is 0 Å². The van der Waals surface area contributed by atoms with E-state index < -0.39 is 24.3 Å². The molecule has 0 radical (unpaired) electrons. The van der Waals surface area contributed by atoms with Crippen molar-refractivity contribution in [1.29, 1.82) is 0 Å². The molecule has 6 nitrogen and oxygen atoms in total. The smallest absolute Gasteiger partial charge is 0.475 e. The fourth-order valence-corrected chi connectivity index (χ4v) is 1.54. The van der Waals surface area contributed by atoms with Crippen molar-refractivity contribution in [2.24, 2.45) is 5.73 Å². The lowest BCUT2D eigenvalue weighted by molar-refractivity contribution is -0.193. The third-order valence-corrected chi connectivity index (χ3v) is 3.10. The number of hydrogen-bond donors (Lipinski definition) is 3. The maximum absolute atomic E-state index is 10.6. The van der Waals surface area contributed by atoms with Gasteiger partial charge in [0.1, 0.15) is 3.70 Å². The number of alkyl halides is 6. The zero-order chi connectivity index (χ0) is 20.1. The number of rotatable bonds is 1. The Hall–Kier alpha value is -1.64. The van der Waals surface area contributed by atoms with E-state index >= 15 is 0 Å². The van der Waals surface area contributed by atoms with Gasteiger partial charge in [0, 0.05) is 0 Å². The Morgan fingerprint density at radius 2 is 1.40 bits per heavy atom. The summed E-state index contributed by atoms with van der Waals surface area (Å²) >= 11 is 2.21. The molecule has 1 aromatic heterocycles. The van der Waals surface area contributed by atoms with Crippen LogP contribution in [0.5, 0.6) is 0 Å². The zero-order valence-corrected chi connectivity index (χ0v) is 14.2. The Labute approximate surface area is 150 Å².